The molecule has 1 aromatic carbocycles. The van der Waals surface area contributed by atoms with E-state index in [1.807, 2.05) is 30.3 Å². The first-order valence-corrected chi connectivity index (χ1v) is 7.08. The fourth-order valence-electron chi connectivity index (χ4n) is 2.98. The fraction of sp³-hybridized carbons (Fsp3) is 0.375. The van der Waals surface area contributed by atoms with Gasteiger partial charge in [-0.05, 0) is 18.9 Å². The molecule has 0 aliphatic heterocycles. The number of pyridine rings is 1. The van der Waals surface area contributed by atoms with Crippen molar-refractivity contribution in [1.29, 1.82) is 0 Å². The van der Waals surface area contributed by atoms with Crippen molar-refractivity contribution in [2.45, 2.75) is 37.8 Å². The van der Waals surface area contributed by atoms with Crippen LogP contribution in [0.1, 0.15) is 37.3 Å². The number of hydrogen-bond acceptors (Lipinski definition) is 3. The maximum Gasteiger partial charge on any atom is 0.325 e. The predicted molar refractivity (Wildman–Crippen MR) is 77.5 cm³/mol. The van der Waals surface area contributed by atoms with E-state index in [4.69, 9.17) is 0 Å². The summed E-state index contributed by atoms with van der Waals surface area (Å²) in [7, 11) is 0. The van der Waals surface area contributed by atoms with Crippen molar-refractivity contribution in [1.82, 2.24) is 10.3 Å². The van der Waals surface area contributed by atoms with Gasteiger partial charge < -0.3 is 5.11 Å². The molecule has 1 saturated carbocycles. The second-order valence-corrected chi connectivity index (χ2v) is 5.34. The molecule has 1 heterocycles. The first-order valence-electron chi connectivity index (χ1n) is 7.08. The Hall–Kier alpha value is -1.94. The number of aromatic nitrogens is 1. The fourth-order valence-corrected chi connectivity index (χ4v) is 2.98. The molecule has 3 rings (SSSR count). The highest BCUT2D eigenvalue weighted by Crippen LogP contribution is 2.26. The number of carboxylic acids is 1. The lowest BCUT2D eigenvalue weighted by Gasteiger charge is -2.20. The number of carboxylic acid groups (broad SMARTS) is 1. The van der Waals surface area contributed by atoms with Crippen LogP contribution in [0.25, 0.3) is 10.9 Å². The largest absolute Gasteiger partial charge is 0.480 e. The van der Waals surface area contributed by atoms with Crippen LogP contribution >= 0.6 is 0 Å². The third kappa shape index (κ3) is 2.51. The molecule has 4 nitrogen and oxygen atoms in total. The molecular weight excluding hydrogens is 252 g/mol. The van der Waals surface area contributed by atoms with Crippen molar-refractivity contribution in [2.75, 3.05) is 0 Å². The molecule has 0 bridgehead atoms. The summed E-state index contributed by atoms with van der Waals surface area (Å²) in [5.41, 5.74) is 1.52. The van der Waals surface area contributed by atoms with Crippen LogP contribution in [0.3, 0.4) is 0 Å². The van der Waals surface area contributed by atoms with Crippen molar-refractivity contribution >= 4 is 16.9 Å². The Morgan fingerprint density at radius 3 is 2.75 bits per heavy atom. The molecule has 1 aromatic heterocycles. The second kappa shape index (κ2) is 5.59. The minimum absolute atomic E-state index is 0.301. The van der Waals surface area contributed by atoms with Crippen LogP contribution in [0.4, 0.5) is 0 Å². The summed E-state index contributed by atoms with van der Waals surface area (Å²) in [6.45, 7) is 0. The molecule has 104 valence electrons. The molecule has 1 unspecified atom stereocenters. The zero-order valence-electron chi connectivity index (χ0n) is 11.2. The zero-order chi connectivity index (χ0) is 13.9. The molecule has 1 fully saturated rings. The average Bonchev–Trinajstić information content (AvgIpc) is 2.97. The van der Waals surface area contributed by atoms with Crippen LogP contribution in [-0.4, -0.2) is 22.1 Å². The van der Waals surface area contributed by atoms with Crippen molar-refractivity contribution in [2.24, 2.45) is 0 Å². The van der Waals surface area contributed by atoms with E-state index < -0.39 is 12.0 Å². The van der Waals surface area contributed by atoms with Crippen LogP contribution in [-0.2, 0) is 4.79 Å². The molecule has 4 heteroatoms. The van der Waals surface area contributed by atoms with Gasteiger partial charge in [0.25, 0.3) is 0 Å². The summed E-state index contributed by atoms with van der Waals surface area (Å²) in [5.74, 6) is -0.838. The minimum Gasteiger partial charge on any atom is -0.480 e. The van der Waals surface area contributed by atoms with Gasteiger partial charge in [-0.2, -0.15) is 0 Å². The van der Waals surface area contributed by atoms with Gasteiger partial charge in [0.15, 0.2) is 0 Å². The smallest absolute Gasteiger partial charge is 0.325 e. The van der Waals surface area contributed by atoms with E-state index in [1.54, 1.807) is 6.20 Å². The van der Waals surface area contributed by atoms with Gasteiger partial charge in [0.2, 0.25) is 0 Å². The maximum absolute atomic E-state index is 11.6. The van der Waals surface area contributed by atoms with Gasteiger partial charge in [-0.3, -0.25) is 15.1 Å². The highest BCUT2D eigenvalue weighted by atomic mass is 16.4. The van der Waals surface area contributed by atoms with Crippen LogP contribution in [0, 0.1) is 0 Å². The van der Waals surface area contributed by atoms with Crippen LogP contribution in [0.2, 0.25) is 0 Å². The number of nitrogens with one attached hydrogen (secondary N) is 1. The minimum atomic E-state index is -0.838. The van der Waals surface area contributed by atoms with E-state index >= 15 is 0 Å². The van der Waals surface area contributed by atoms with Crippen molar-refractivity contribution < 1.29 is 9.90 Å². The van der Waals surface area contributed by atoms with Gasteiger partial charge in [-0.1, -0.05) is 37.1 Å². The first kappa shape index (κ1) is 13.1. The van der Waals surface area contributed by atoms with E-state index in [2.05, 4.69) is 10.3 Å². The number of rotatable bonds is 4. The Balaban J connectivity index is 1.98. The van der Waals surface area contributed by atoms with E-state index in [-0.39, 0.29) is 0 Å². The lowest BCUT2D eigenvalue weighted by Crippen LogP contribution is -2.35. The topological polar surface area (TPSA) is 62.2 Å². The summed E-state index contributed by atoms with van der Waals surface area (Å²) in [4.78, 5) is 16.0. The summed E-state index contributed by atoms with van der Waals surface area (Å²) in [6.07, 6.45) is 6.18. The highest BCUT2D eigenvalue weighted by molar-refractivity contribution is 5.87. The zero-order valence-corrected chi connectivity index (χ0v) is 11.2. The molecule has 0 amide bonds. The number of carbonyl (C=O) groups is 1. The Morgan fingerprint density at radius 2 is 2.00 bits per heavy atom. The molecule has 1 atom stereocenters. The van der Waals surface area contributed by atoms with Crippen molar-refractivity contribution in [3.8, 4) is 0 Å². The molecule has 1 aliphatic carbocycles. The molecule has 2 aromatic rings. The van der Waals surface area contributed by atoms with Crippen molar-refractivity contribution in [3.63, 3.8) is 0 Å². The Bertz CT molecular complexity index is 615. The third-order valence-corrected chi connectivity index (χ3v) is 3.98. The SMILES string of the molecule is O=C(O)C(NC1CCCC1)c1cccc2cccnc12. The Labute approximate surface area is 117 Å². The maximum atomic E-state index is 11.6. The van der Waals surface area contributed by atoms with E-state index in [9.17, 15) is 9.90 Å². The monoisotopic (exact) mass is 270 g/mol. The number of para-hydroxylation sites is 1. The number of benzene rings is 1. The Morgan fingerprint density at radius 1 is 1.25 bits per heavy atom. The lowest BCUT2D eigenvalue weighted by molar-refractivity contribution is -0.139. The van der Waals surface area contributed by atoms with E-state index in [1.165, 1.54) is 12.8 Å². The quantitative estimate of drug-likeness (QED) is 0.896. The van der Waals surface area contributed by atoms with Gasteiger partial charge in [0.05, 0.1) is 5.52 Å². The predicted octanol–water partition coefficient (Wildman–Crippen LogP) is 2.89. The number of aliphatic carboxylic acids is 1. The average molecular weight is 270 g/mol. The molecule has 0 spiro atoms. The number of fused-ring (bicyclic) bond motifs is 1. The van der Waals surface area contributed by atoms with Gasteiger partial charge in [-0.15, -0.1) is 0 Å². The van der Waals surface area contributed by atoms with Crippen LogP contribution in [0.15, 0.2) is 36.5 Å². The van der Waals surface area contributed by atoms with Gasteiger partial charge in [0.1, 0.15) is 6.04 Å². The Kier molecular flexibility index (Phi) is 3.65. The second-order valence-electron chi connectivity index (χ2n) is 5.34. The summed E-state index contributed by atoms with van der Waals surface area (Å²) in [6, 6.07) is 9.15. The van der Waals surface area contributed by atoms with E-state index in [0.717, 1.165) is 29.3 Å². The number of nitrogens with zero attached hydrogens (tertiary/aromatic N) is 1. The van der Waals surface area contributed by atoms with E-state index in [0.29, 0.717) is 6.04 Å². The van der Waals surface area contributed by atoms with Crippen LogP contribution < -0.4 is 5.32 Å². The summed E-state index contributed by atoms with van der Waals surface area (Å²) in [5, 5.41) is 13.8. The summed E-state index contributed by atoms with van der Waals surface area (Å²) < 4.78 is 0. The molecule has 1 aliphatic rings. The number of hydrogen-bond donors (Lipinski definition) is 2. The standard InChI is InChI=1S/C16H18N2O2/c19-16(20)15(18-12-7-1-2-8-12)13-9-3-5-11-6-4-10-17-14(11)13/h3-6,9-10,12,15,18H,1-2,7-8H2,(H,19,20). The van der Waals surface area contributed by atoms with Gasteiger partial charge >= 0.3 is 5.97 Å². The molecular formula is C16H18N2O2. The lowest BCUT2D eigenvalue weighted by atomic mass is 10.0. The first-order chi connectivity index (χ1) is 9.75. The molecule has 0 radical (unpaired) electrons. The van der Waals surface area contributed by atoms with Crippen molar-refractivity contribution in [3.05, 3.63) is 42.1 Å². The molecule has 20 heavy (non-hydrogen) atoms. The third-order valence-electron chi connectivity index (χ3n) is 3.98. The normalized spacial score (nSPS) is 17.4. The van der Waals surface area contributed by atoms with Gasteiger partial charge in [-0.25, -0.2) is 0 Å². The summed E-state index contributed by atoms with van der Waals surface area (Å²) >= 11 is 0. The highest BCUT2D eigenvalue weighted by Gasteiger charge is 2.26. The molecule has 0 saturated heterocycles. The van der Waals surface area contributed by atoms with Gasteiger partial charge in [0, 0.05) is 23.2 Å². The van der Waals surface area contributed by atoms with Crippen LogP contribution in [0.5, 0.6) is 0 Å². The molecule has 2 N–H and O–H groups in total.